The van der Waals surface area contributed by atoms with Crippen molar-refractivity contribution in [1.82, 2.24) is 0 Å². The lowest BCUT2D eigenvalue weighted by Gasteiger charge is -2.22. The molecule has 0 amide bonds. The lowest BCUT2D eigenvalue weighted by molar-refractivity contribution is 0.467. The van der Waals surface area contributed by atoms with Gasteiger partial charge in [0.1, 0.15) is 5.75 Å². The van der Waals surface area contributed by atoms with Crippen molar-refractivity contribution < 1.29 is 4.74 Å². The van der Waals surface area contributed by atoms with E-state index in [1.54, 1.807) is 0 Å². The molecule has 0 aliphatic heterocycles. The largest absolute Gasteiger partial charge is 0.444 e. The maximum Gasteiger partial charge on any atom is 0.204 e. The predicted octanol–water partition coefficient (Wildman–Crippen LogP) is 4.49. The Kier molecular flexibility index (Phi) is 4.30. The SMILES string of the molecule is CC(C)(C)c1ccccc1Oc1sccc1NC(N)=S. The Balaban J connectivity index is 2.32. The van der Waals surface area contributed by atoms with Gasteiger partial charge in [-0.25, -0.2) is 0 Å². The van der Waals surface area contributed by atoms with E-state index in [0.717, 1.165) is 22.1 Å². The molecule has 0 radical (unpaired) electrons. The van der Waals surface area contributed by atoms with Crippen molar-refractivity contribution in [1.29, 1.82) is 0 Å². The van der Waals surface area contributed by atoms with E-state index in [1.165, 1.54) is 11.3 Å². The average molecular weight is 306 g/mol. The van der Waals surface area contributed by atoms with Gasteiger partial charge in [-0.1, -0.05) is 39.0 Å². The molecule has 106 valence electrons. The molecule has 3 N–H and O–H groups in total. The number of rotatable bonds is 3. The summed E-state index contributed by atoms with van der Waals surface area (Å²) in [4.78, 5) is 0. The molecule has 1 heterocycles. The number of thiocarbonyl (C=S) groups is 1. The van der Waals surface area contributed by atoms with Gasteiger partial charge in [0.25, 0.3) is 0 Å². The molecule has 2 aromatic rings. The lowest BCUT2D eigenvalue weighted by atomic mass is 9.86. The standard InChI is InChI=1S/C15H18N2OS2/c1-15(2,3)10-6-4-5-7-12(10)18-13-11(8-9-20-13)17-14(16)19/h4-9H,1-3H3,(H3,16,17,19). The van der Waals surface area contributed by atoms with Crippen molar-refractivity contribution in [3.63, 3.8) is 0 Å². The summed E-state index contributed by atoms with van der Waals surface area (Å²) < 4.78 is 6.05. The van der Waals surface area contributed by atoms with Gasteiger partial charge in [0.05, 0.1) is 5.69 Å². The van der Waals surface area contributed by atoms with E-state index in [0.29, 0.717) is 0 Å². The zero-order valence-corrected chi connectivity index (χ0v) is 13.4. The normalized spacial score (nSPS) is 11.2. The molecule has 0 aliphatic carbocycles. The van der Waals surface area contributed by atoms with Crippen LogP contribution in [0, 0.1) is 0 Å². The smallest absolute Gasteiger partial charge is 0.204 e. The molecule has 1 aromatic heterocycles. The first-order valence-electron chi connectivity index (χ1n) is 6.29. The van der Waals surface area contributed by atoms with Crippen molar-refractivity contribution >= 4 is 34.4 Å². The van der Waals surface area contributed by atoms with Crippen molar-refractivity contribution in [2.24, 2.45) is 5.73 Å². The van der Waals surface area contributed by atoms with E-state index in [4.69, 9.17) is 22.7 Å². The Morgan fingerprint density at radius 1 is 1.25 bits per heavy atom. The van der Waals surface area contributed by atoms with Gasteiger partial charge in [0.2, 0.25) is 5.06 Å². The first-order chi connectivity index (χ1) is 9.38. The molecule has 0 fully saturated rings. The highest BCUT2D eigenvalue weighted by Gasteiger charge is 2.19. The molecule has 0 spiro atoms. The quantitative estimate of drug-likeness (QED) is 0.820. The monoisotopic (exact) mass is 306 g/mol. The van der Waals surface area contributed by atoms with Gasteiger partial charge in [-0.05, 0) is 35.1 Å². The number of nitrogens with two attached hydrogens (primary N) is 1. The average Bonchev–Trinajstić information content (AvgIpc) is 2.75. The number of hydrogen-bond donors (Lipinski definition) is 2. The number of benzene rings is 1. The number of thiophene rings is 1. The molecule has 0 atom stereocenters. The second kappa shape index (κ2) is 5.81. The molecule has 20 heavy (non-hydrogen) atoms. The first kappa shape index (κ1) is 14.8. The van der Waals surface area contributed by atoms with Gasteiger partial charge in [-0.15, -0.1) is 11.3 Å². The minimum atomic E-state index is 0.0185. The van der Waals surface area contributed by atoms with Crippen molar-refractivity contribution in [3.05, 3.63) is 41.3 Å². The van der Waals surface area contributed by atoms with Crippen LogP contribution in [0.2, 0.25) is 0 Å². The van der Waals surface area contributed by atoms with Crippen LogP contribution >= 0.6 is 23.6 Å². The van der Waals surface area contributed by atoms with Crippen LogP contribution in [-0.2, 0) is 5.41 Å². The van der Waals surface area contributed by atoms with E-state index < -0.39 is 0 Å². The van der Waals surface area contributed by atoms with E-state index >= 15 is 0 Å². The van der Waals surface area contributed by atoms with Crippen LogP contribution in [0.4, 0.5) is 5.69 Å². The predicted molar refractivity (Wildman–Crippen MR) is 89.9 cm³/mol. The summed E-state index contributed by atoms with van der Waals surface area (Å²) >= 11 is 6.37. The number of anilines is 1. The van der Waals surface area contributed by atoms with Crippen LogP contribution in [0.3, 0.4) is 0 Å². The highest BCUT2D eigenvalue weighted by molar-refractivity contribution is 7.80. The third-order valence-electron chi connectivity index (χ3n) is 2.79. The molecular formula is C15H18N2OS2. The Bertz CT molecular complexity index is 614. The fourth-order valence-corrected chi connectivity index (χ4v) is 2.70. The van der Waals surface area contributed by atoms with Crippen LogP contribution in [0.1, 0.15) is 26.3 Å². The summed E-state index contributed by atoms with van der Waals surface area (Å²) in [6.07, 6.45) is 0. The van der Waals surface area contributed by atoms with Crippen LogP contribution in [0.5, 0.6) is 10.8 Å². The summed E-state index contributed by atoms with van der Waals surface area (Å²) in [5.74, 6) is 0.855. The van der Waals surface area contributed by atoms with Crippen LogP contribution in [0.25, 0.3) is 0 Å². The molecule has 3 nitrogen and oxygen atoms in total. The summed E-state index contributed by atoms with van der Waals surface area (Å²) in [5.41, 5.74) is 7.49. The van der Waals surface area contributed by atoms with Crippen LogP contribution in [-0.4, -0.2) is 5.11 Å². The van der Waals surface area contributed by atoms with Crippen molar-refractivity contribution in [2.75, 3.05) is 5.32 Å². The third-order valence-corrected chi connectivity index (χ3v) is 3.68. The highest BCUT2D eigenvalue weighted by atomic mass is 32.1. The maximum absolute atomic E-state index is 6.05. The zero-order chi connectivity index (χ0) is 14.8. The Labute approximate surface area is 128 Å². The third kappa shape index (κ3) is 3.49. The van der Waals surface area contributed by atoms with E-state index in [-0.39, 0.29) is 10.5 Å². The topological polar surface area (TPSA) is 47.3 Å². The minimum Gasteiger partial charge on any atom is -0.444 e. The molecule has 0 unspecified atom stereocenters. The fourth-order valence-electron chi connectivity index (χ4n) is 1.87. The molecule has 5 heteroatoms. The number of para-hydroxylation sites is 1. The molecule has 0 bridgehead atoms. The summed E-state index contributed by atoms with van der Waals surface area (Å²) in [6, 6.07) is 9.96. The van der Waals surface area contributed by atoms with E-state index in [2.05, 4.69) is 32.2 Å². The maximum atomic E-state index is 6.05. The number of ether oxygens (including phenoxy) is 1. The fraction of sp³-hybridized carbons (Fsp3) is 0.267. The van der Waals surface area contributed by atoms with Gasteiger partial charge in [0.15, 0.2) is 5.11 Å². The van der Waals surface area contributed by atoms with Crippen molar-refractivity contribution in [2.45, 2.75) is 26.2 Å². The Morgan fingerprint density at radius 2 is 1.95 bits per heavy atom. The van der Waals surface area contributed by atoms with E-state index in [9.17, 15) is 0 Å². The van der Waals surface area contributed by atoms with Crippen molar-refractivity contribution in [3.8, 4) is 10.8 Å². The van der Waals surface area contributed by atoms with Gasteiger partial charge < -0.3 is 15.8 Å². The summed E-state index contributed by atoms with van der Waals surface area (Å²) in [6.45, 7) is 6.49. The molecule has 2 rings (SSSR count). The second-order valence-corrected chi connectivity index (χ2v) is 6.78. The van der Waals surface area contributed by atoms with Gasteiger partial charge >= 0.3 is 0 Å². The second-order valence-electron chi connectivity index (χ2n) is 5.46. The van der Waals surface area contributed by atoms with Crippen LogP contribution in [0.15, 0.2) is 35.7 Å². The molecule has 1 aromatic carbocycles. The number of nitrogens with one attached hydrogen (secondary N) is 1. The van der Waals surface area contributed by atoms with Gasteiger partial charge in [-0.3, -0.25) is 0 Å². The van der Waals surface area contributed by atoms with E-state index in [1.807, 2.05) is 29.6 Å². The Hall–Kier alpha value is -1.59. The highest BCUT2D eigenvalue weighted by Crippen LogP contribution is 2.39. The molecule has 0 saturated heterocycles. The van der Waals surface area contributed by atoms with Gasteiger partial charge in [0, 0.05) is 5.56 Å². The molecule has 0 saturated carbocycles. The number of hydrogen-bond acceptors (Lipinski definition) is 3. The minimum absolute atomic E-state index is 0.0185. The van der Waals surface area contributed by atoms with Gasteiger partial charge in [-0.2, -0.15) is 0 Å². The zero-order valence-electron chi connectivity index (χ0n) is 11.8. The molecule has 0 aliphatic rings. The van der Waals surface area contributed by atoms with Crippen LogP contribution < -0.4 is 15.8 Å². The molecular weight excluding hydrogens is 288 g/mol. The lowest BCUT2D eigenvalue weighted by Crippen LogP contribution is -2.18. The summed E-state index contributed by atoms with van der Waals surface area (Å²) in [5, 5.41) is 5.86. The first-order valence-corrected chi connectivity index (χ1v) is 7.58. The Morgan fingerprint density at radius 3 is 2.60 bits per heavy atom. The summed E-state index contributed by atoms with van der Waals surface area (Å²) in [7, 11) is 0.